The second-order valence-electron chi connectivity index (χ2n) is 6.51. The lowest BCUT2D eigenvalue weighted by Gasteiger charge is -2.51. The van der Waals surface area contributed by atoms with E-state index in [4.69, 9.17) is 0 Å². The molecule has 3 atom stereocenters. The van der Waals surface area contributed by atoms with Crippen LogP contribution in [-0.2, 0) is 33.6 Å². The number of rotatable bonds is 10. The lowest BCUT2D eigenvalue weighted by Crippen LogP contribution is -2.86. The van der Waals surface area contributed by atoms with Crippen LogP contribution in [0.5, 0.6) is 0 Å². The maximum atomic E-state index is 12.3. The normalized spacial score (nSPS) is 18.1. The molecule has 0 aromatic heterocycles. The van der Waals surface area contributed by atoms with Crippen molar-refractivity contribution in [1.29, 1.82) is 0 Å². The molecule has 0 heterocycles. The summed E-state index contributed by atoms with van der Waals surface area (Å²) in [6, 6.07) is 0. The van der Waals surface area contributed by atoms with Crippen LogP contribution >= 0.6 is 0 Å². The minimum Gasteiger partial charge on any atom is -0.375 e. The highest BCUT2D eigenvalue weighted by Gasteiger charge is 2.80. The first kappa shape index (κ1) is 25.5. The van der Waals surface area contributed by atoms with Gasteiger partial charge in [0.15, 0.2) is 34.7 Å². The monoisotopic (exact) mass is 402 g/mol. The van der Waals surface area contributed by atoms with Gasteiger partial charge in [0.1, 0.15) is 0 Å². The van der Waals surface area contributed by atoms with Crippen LogP contribution in [0.1, 0.15) is 41.5 Å². The fourth-order valence-electron chi connectivity index (χ4n) is 3.13. The zero-order valence-corrected chi connectivity index (χ0v) is 16.1. The second kappa shape index (κ2) is 7.51. The van der Waals surface area contributed by atoms with Crippen molar-refractivity contribution >= 4 is 40.5 Å². The fourth-order valence-corrected chi connectivity index (χ4v) is 3.13. The zero-order valence-electron chi connectivity index (χ0n) is 16.1. The summed E-state index contributed by atoms with van der Waals surface area (Å²) in [4.78, 5) is 84.5. The number of carbonyl (C=O) groups is 7. The van der Waals surface area contributed by atoms with Gasteiger partial charge in [0, 0.05) is 6.92 Å². The SMILES string of the molecule is CC(=O)C(=O)[C@@](O)(C(C)=O)[C@](O)(C(C)=O)[C@@](O)(C(C)=O)C(O)(C(C)=O)C(C)=O. The quantitative estimate of drug-likeness (QED) is 0.214. The molecule has 0 aliphatic carbocycles. The van der Waals surface area contributed by atoms with Crippen LogP contribution in [0.15, 0.2) is 0 Å². The van der Waals surface area contributed by atoms with Gasteiger partial charge in [-0.2, -0.15) is 0 Å². The summed E-state index contributed by atoms with van der Waals surface area (Å²) < 4.78 is 0. The minimum absolute atomic E-state index is 0.399. The summed E-state index contributed by atoms with van der Waals surface area (Å²) in [5.41, 5.74) is -16.5. The van der Waals surface area contributed by atoms with Gasteiger partial charge in [0.25, 0.3) is 0 Å². The lowest BCUT2D eigenvalue weighted by atomic mass is 9.56. The molecule has 4 N–H and O–H groups in total. The molecule has 0 rings (SSSR count). The van der Waals surface area contributed by atoms with Gasteiger partial charge in [-0.05, 0) is 34.6 Å². The summed E-state index contributed by atoms with van der Waals surface area (Å²) in [6.45, 7) is 2.83. The van der Waals surface area contributed by atoms with Gasteiger partial charge in [-0.15, -0.1) is 0 Å². The molecular formula is C17H22O11. The highest BCUT2D eigenvalue weighted by Crippen LogP contribution is 2.44. The molecule has 0 unspecified atom stereocenters. The molecule has 0 amide bonds. The third-order valence-corrected chi connectivity index (χ3v) is 4.77. The third-order valence-electron chi connectivity index (χ3n) is 4.77. The van der Waals surface area contributed by atoms with Crippen molar-refractivity contribution in [2.75, 3.05) is 0 Å². The Hall–Kier alpha value is -2.47. The van der Waals surface area contributed by atoms with Gasteiger partial charge < -0.3 is 20.4 Å². The summed E-state index contributed by atoms with van der Waals surface area (Å²) in [5.74, 6) is -12.5. The van der Waals surface area contributed by atoms with E-state index in [-0.39, 0.29) is 0 Å². The van der Waals surface area contributed by atoms with E-state index in [1.807, 2.05) is 0 Å². The van der Waals surface area contributed by atoms with Gasteiger partial charge in [-0.1, -0.05) is 0 Å². The number of ketones is 7. The molecule has 0 saturated carbocycles. The van der Waals surface area contributed by atoms with E-state index in [1.54, 1.807) is 0 Å². The molecule has 11 nitrogen and oxygen atoms in total. The van der Waals surface area contributed by atoms with Crippen molar-refractivity contribution < 1.29 is 54.0 Å². The molecule has 0 saturated heterocycles. The largest absolute Gasteiger partial charge is 0.375 e. The first-order chi connectivity index (χ1) is 12.3. The van der Waals surface area contributed by atoms with Crippen LogP contribution < -0.4 is 0 Å². The predicted molar refractivity (Wildman–Crippen MR) is 88.9 cm³/mol. The Morgan fingerprint density at radius 1 is 0.464 bits per heavy atom. The summed E-state index contributed by atoms with van der Waals surface area (Å²) >= 11 is 0. The van der Waals surface area contributed by atoms with E-state index in [1.165, 1.54) is 0 Å². The molecule has 156 valence electrons. The Balaban J connectivity index is 7.82. The smallest absolute Gasteiger partial charge is 0.240 e. The molecular weight excluding hydrogens is 380 g/mol. The topological polar surface area (TPSA) is 200 Å². The lowest BCUT2D eigenvalue weighted by molar-refractivity contribution is -0.256. The molecule has 0 aromatic carbocycles. The molecule has 0 aliphatic heterocycles. The van der Waals surface area contributed by atoms with Crippen molar-refractivity contribution in [1.82, 2.24) is 0 Å². The Morgan fingerprint density at radius 2 is 0.714 bits per heavy atom. The number of Topliss-reactive ketones (excluding diaryl/α,β-unsaturated/α-hetero) is 7. The molecule has 0 spiro atoms. The predicted octanol–water partition coefficient (Wildman–Crippen LogP) is -2.99. The average molecular weight is 402 g/mol. The number of hydrogen-bond donors (Lipinski definition) is 4. The van der Waals surface area contributed by atoms with E-state index in [0.717, 1.165) is 0 Å². The first-order valence-electron chi connectivity index (χ1n) is 7.82. The van der Waals surface area contributed by atoms with Crippen molar-refractivity contribution in [3.05, 3.63) is 0 Å². The molecule has 0 fully saturated rings. The standard InChI is InChI=1S/C17H22O11/c1-7(18)13(24)15(26,10(4)21)17(28,12(6)23)16(27,11(5)22)14(25,8(2)19)9(3)20/h25-28H,1-6H3/t15-,16+,17+/m0/s1. The van der Waals surface area contributed by atoms with Crippen LogP contribution in [0, 0.1) is 0 Å². The van der Waals surface area contributed by atoms with E-state index in [2.05, 4.69) is 0 Å². The highest BCUT2D eigenvalue weighted by molar-refractivity contribution is 6.45. The van der Waals surface area contributed by atoms with Crippen LogP contribution in [0.2, 0.25) is 0 Å². The Kier molecular flexibility index (Phi) is 6.85. The van der Waals surface area contributed by atoms with E-state index in [9.17, 15) is 54.0 Å². The van der Waals surface area contributed by atoms with Crippen molar-refractivity contribution in [2.24, 2.45) is 0 Å². The number of carbonyl (C=O) groups excluding carboxylic acids is 7. The number of aliphatic hydroxyl groups is 4. The summed E-state index contributed by atoms with van der Waals surface area (Å²) in [7, 11) is 0. The van der Waals surface area contributed by atoms with Gasteiger partial charge >= 0.3 is 0 Å². The molecule has 28 heavy (non-hydrogen) atoms. The van der Waals surface area contributed by atoms with Crippen LogP contribution in [-0.4, -0.2) is 83.3 Å². The van der Waals surface area contributed by atoms with Crippen molar-refractivity contribution in [3.63, 3.8) is 0 Å². The van der Waals surface area contributed by atoms with E-state index in [0.29, 0.717) is 41.5 Å². The summed E-state index contributed by atoms with van der Waals surface area (Å²) in [6.07, 6.45) is 0. The molecule has 11 heteroatoms. The van der Waals surface area contributed by atoms with E-state index >= 15 is 0 Å². The fraction of sp³-hybridized carbons (Fsp3) is 0.588. The highest BCUT2D eigenvalue weighted by atomic mass is 16.4. The van der Waals surface area contributed by atoms with Crippen LogP contribution in [0.25, 0.3) is 0 Å². The molecule has 0 radical (unpaired) electrons. The minimum atomic E-state index is -4.29. The van der Waals surface area contributed by atoms with Crippen LogP contribution in [0.4, 0.5) is 0 Å². The van der Waals surface area contributed by atoms with Gasteiger partial charge in [-0.25, -0.2) is 0 Å². The zero-order chi connectivity index (χ0) is 23.0. The molecule has 0 aromatic rings. The Morgan fingerprint density at radius 3 is 0.893 bits per heavy atom. The van der Waals surface area contributed by atoms with Crippen LogP contribution in [0.3, 0.4) is 0 Å². The average Bonchev–Trinajstić information content (AvgIpc) is 2.56. The van der Waals surface area contributed by atoms with E-state index < -0.39 is 62.9 Å². The maximum Gasteiger partial charge on any atom is 0.240 e. The Bertz CT molecular complexity index is 781. The first-order valence-corrected chi connectivity index (χ1v) is 7.82. The van der Waals surface area contributed by atoms with Crippen molar-refractivity contribution in [3.8, 4) is 0 Å². The van der Waals surface area contributed by atoms with Gasteiger partial charge in [0.05, 0.1) is 0 Å². The third kappa shape index (κ3) is 2.87. The molecule has 0 bridgehead atoms. The Labute approximate surface area is 159 Å². The van der Waals surface area contributed by atoms with Crippen molar-refractivity contribution in [2.45, 2.75) is 63.9 Å². The molecule has 0 aliphatic rings. The van der Waals surface area contributed by atoms with Gasteiger partial charge in [-0.3, -0.25) is 33.6 Å². The summed E-state index contributed by atoms with van der Waals surface area (Å²) in [5, 5.41) is 43.3. The maximum absolute atomic E-state index is 12.3. The number of hydrogen-bond acceptors (Lipinski definition) is 11. The second-order valence-corrected chi connectivity index (χ2v) is 6.51. The van der Waals surface area contributed by atoms with Gasteiger partial charge in [0.2, 0.25) is 28.2 Å².